The number of esters is 1. The summed E-state index contributed by atoms with van der Waals surface area (Å²) < 4.78 is 73.9. The molecular weight excluding hydrogens is 605 g/mol. The molecule has 4 N–H and O–H groups in total. The van der Waals surface area contributed by atoms with Crippen LogP contribution in [0.3, 0.4) is 0 Å². The van der Waals surface area contributed by atoms with Gasteiger partial charge < -0.3 is 29.6 Å². The zero-order valence-corrected chi connectivity index (χ0v) is 26.1. The van der Waals surface area contributed by atoms with Crippen molar-refractivity contribution in [2.24, 2.45) is 5.41 Å². The van der Waals surface area contributed by atoms with Gasteiger partial charge in [0.1, 0.15) is 24.0 Å². The number of ether oxygens (including phenoxy) is 3. The van der Waals surface area contributed by atoms with Crippen LogP contribution >= 0.6 is 7.75 Å². The van der Waals surface area contributed by atoms with E-state index >= 15 is 8.78 Å². The second-order valence-electron chi connectivity index (χ2n) is 11.7. The van der Waals surface area contributed by atoms with E-state index in [-0.39, 0.29) is 47.4 Å². The van der Waals surface area contributed by atoms with E-state index in [9.17, 15) is 14.5 Å². The van der Waals surface area contributed by atoms with Gasteiger partial charge in [0.05, 0.1) is 19.5 Å². The maximum Gasteiger partial charge on any atom is 0.459 e. The van der Waals surface area contributed by atoms with Gasteiger partial charge >= 0.3 is 13.7 Å². The number of aromatic nitrogens is 4. The average molecular weight is 643 g/mol. The van der Waals surface area contributed by atoms with Crippen LogP contribution in [0.1, 0.15) is 47.8 Å². The number of carbonyl (C=O) groups excluding carboxylic acids is 1. The van der Waals surface area contributed by atoms with E-state index in [1.807, 2.05) is 20.8 Å². The van der Waals surface area contributed by atoms with Crippen molar-refractivity contribution in [3.63, 3.8) is 0 Å². The molecule has 1 unspecified atom stereocenters. The number of nitrogens with one attached hydrogen (secondary N) is 1. The SMILES string of the molecule is CCOc1nc(N)nc2c1ncn2[C@@H]1O[C@](F)(COP(=O)(N[C@@H](C)C(=O)OCC(C)(C)C)Oc2ccccc2)[C@@H](F)[C@@]1(C)O. The van der Waals surface area contributed by atoms with Crippen molar-refractivity contribution in [2.45, 2.75) is 71.4 Å². The van der Waals surface area contributed by atoms with Gasteiger partial charge in [-0.25, -0.2) is 18.3 Å². The fourth-order valence-electron chi connectivity index (χ4n) is 4.27. The third-order valence-electron chi connectivity index (χ3n) is 6.39. The topological polar surface area (TPSA) is 182 Å². The van der Waals surface area contributed by atoms with Crippen LogP contribution in [0.15, 0.2) is 36.7 Å². The number of fused-ring (bicyclic) bond motifs is 1. The number of carbonyl (C=O) groups is 1. The number of alkyl halides is 2. The molecule has 17 heteroatoms. The Morgan fingerprint density at radius 1 is 1.30 bits per heavy atom. The molecule has 0 bridgehead atoms. The van der Waals surface area contributed by atoms with E-state index in [2.05, 4.69) is 20.0 Å². The second-order valence-corrected chi connectivity index (χ2v) is 13.4. The highest BCUT2D eigenvalue weighted by Crippen LogP contribution is 2.52. The van der Waals surface area contributed by atoms with Crippen LogP contribution < -0.4 is 20.1 Å². The third kappa shape index (κ3) is 7.26. The minimum atomic E-state index is -4.61. The molecular formula is C27H37F2N6O8P. The van der Waals surface area contributed by atoms with E-state index in [1.165, 1.54) is 19.1 Å². The fourth-order valence-corrected chi connectivity index (χ4v) is 5.78. The number of nitrogen functional groups attached to an aromatic ring is 1. The van der Waals surface area contributed by atoms with Crippen LogP contribution in [0.5, 0.6) is 11.6 Å². The molecule has 3 heterocycles. The Bertz CT molecular complexity index is 1520. The average Bonchev–Trinajstić information content (AvgIpc) is 3.43. The fraction of sp³-hybridized carbons (Fsp3) is 0.556. The number of aliphatic hydroxyl groups is 1. The number of nitrogens with two attached hydrogens (primary N) is 1. The molecule has 0 saturated carbocycles. The first-order chi connectivity index (χ1) is 20.5. The second kappa shape index (κ2) is 12.5. The monoisotopic (exact) mass is 642 g/mol. The summed E-state index contributed by atoms with van der Waals surface area (Å²) in [4.78, 5) is 24.8. The Hall–Kier alpha value is -3.43. The summed E-state index contributed by atoms with van der Waals surface area (Å²) >= 11 is 0. The molecule has 6 atom stereocenters. The van der Waals surface area contributed by atoms with Crippen molar-refractivity contribution in [1.29, 1.82) is 0 Å². The Kier molecular flexibility index (Phi) is 9.52. The summed E-state index contributed by atoms with van der Waals surface area (Å²) in [5, 5.41) is 13.5. The van der Waals surface area contributed by atoms with Gasteiger partial charge in [-0.1, -0.05) is 39.0 Å². The molecule has 1 aromatic carbocycles. The normalized spacial score (nSPS) is 25.8. The van der Waals surface area contributed by atoms with Crippen LogP contribution in [0.4, 0.5) is 14.7 Å². The summed E-state index contributed by atoms with van der Waals surface area (Å²) in [6.07, 6.45) is -3.34. The molecule has 1 aliphatic rings. The van der Waals surface area contributed by atoms with Crippen molar-refractivity contribution in [3.8, 4) is 11.6 Å². The maximum absolute atomic E-state index is 16.2. The molecule has 14 nitrogen and oxygen atoms in total. The number of anilines is 1. The van der Waals surface area contributed by atoms with Crippen LogP contribution in [-0.4, -0.2) is 74.1 Å². The number of imidazole rings is 1. The highest BCUT2D eigenvalue weighted by Gasteiger charge is 2.65. The Labute approximate surface area is 252 Å². The van der Waals surface area contributed by atoms with Crippen molar-refractivity contribution in [2.75, 3.05) is 25.6 Å². The van der Waals surface area contributed by atoms with Gasteiger partial charge in [-0.15, -0.1) is 0 Å². The lowest BCUT2D eigenvalue weighted by Crippen LogP contribution is -2.46. The molecule has 1 fully saturated rings. The quantitative estimate of drug-likeness (QED) is 0.191. The molecule has 0 spiro atoms. The highest BCUT2D eigenvalue weighted by molar-refractivity contribution is 7.52. The Morgan fingerprint density at radius 2 is 1.98 bits per heavy atom. The minimum absolute atomic E-state index is 0.0223. The number of hydrogen-bond donors (Lipinski definition) is 3. The van der Waals surface area contributed by atoms with Crippen LogP contribution in [-0.2, 0) is 23.4 Å². The van der Waals surface area contributed by atoms with Gasteiger partial charge in [-0.3, -0.25) is 13.9 Å². The number of halogens is 2. The molecule has 3 aromatic rings. The van der Waals surface area contributed by atoms with Crippen molar-refractivity contribution in [1.82, 2.24) is 24.6 Å². The smallest absolute Gasteiger partial charge is 0.459 e. The predicted octanol–water partition coefficient (Wildman–Crippen LogP) is 3.86. The Morgan fingerprint density at radius 3 is 2.61 bits per heavy atom. The van der Waals surface area contributed by atoms with E-state index in [0.29, 0.717) is 0 Å². The van der Waals surface area contributed by atoms with Gasteiger partial charge in [0.25, 0.3) is 5.85 Å². The first kappa shape index (κ1) is 33.5. The summed E-state index contributed by atoms with van der Waals surface area (Å²) in [5.41, 5.74) is 3.02. The van der Waals surface area contributed by atoms with Crippen LogP contribution in [0, 0.1) is 5.41 Å². The molecule has 0 radical (unpaired) electrons. The number of rotatable bonds is 12. The van der Waals surface area contributed by atoms with Crippen LogP contribution in [0.25, 0.3) is 11.2 Å². The highest BCUT2D eigenvalue weighted by atomic mass is 31.2. The largest absolute Gasteiger partial charge is 0.476 e. The molecule has 44 heavy (non-hydrogen) atoms. The standard InChI is InChI=1S/C27H37F2N6O8P/c1-7-39-20-18-19(32-24(30)33-20)35(15-31-18)23-26(6,37)22(28)27(29,42-23)14-41-44(38,43-17-11-9-8-10-12-17)34-16(2)21(36)40-13-25(3,4)5/h8-12,15-16,22-23,37H,7,13-14H2,1-6H3,(H,34,38)(H2,30,32,33)/t16-,22-,23+,26+,27+,44?/m0/s1. The van der Waals surface area contributed by atoms with Crippen molar-refractivity contribution >= 4 is 30.8 Å². The molecule has 0 amide bonds. The lowest BCUT2D eigenvalue weighted by atomic mass is 9.97. The first-order valence-electron chi connectivity index (χ1n) is 13.8. The number of benzene rings is 1. The lowest BCUT2D eigenvalue weighted by molar-refractivity contribution is -0.192. The van der Waals surface area contributed by atoms with Crippen LogP contribution in [0.2, 0.25) is 0 Å². The maximum atomic E-state index is 16.2. The van der Waals surface area contributed by atoms with E-state index in [1.54, 1.807) is 25.1 Å². The Balaban J connectivity index is 1.59. The van der Waals surface area contributed by atoms with Gasteiger partial charge in [-0.05, 0) is 38.3 Å². The first-order valence-corrected chi connectivity index (χ1v) is 15.3. The summed E-state index contributed by atoms with van der Waals surface area (Å²) in [5.74, 6) is -4.28. The zero-order valence-electron chi connectivity index (χ0n) is 25.2. The van der Waals surface area contributed by atoms with Gasteiger partial charge in [0, 0.05) is 0 Å². The third-order valence-corrected chi connectivity index (χ3v) is 8.02. The molecule has 1 saturated heterocycles. The summed E-state index contributed by atoms with van der Waals surface area (Å²) in [6, 6.07) is 6.49. The molecule has 1 aliphatic heterocycles. The summed E-state index contributed by atoms with van der Waals surface area (Å²) in [6.45, 7) is 8.60. The minimum Gasteiger partial charge on any atom is -0.476 e. The van der Waals surface area contributed by atoms with E-state index < -0.39 is 50.2 Å². The lowest BCUT2D eigenvalue weighted by Gasteiger charge is -2.28. The molecule has 2 aromatic heterocycles. The van der Waals surface area contributed by atoms with E-state index in [0.717, 1.165) is 17.8 Å². The zero-order chi connectivity index (χ0) is 32.5. The summed E-state index contributed by atoms with van der Waals surface area (Å²) in [7, 11) is -4.61. The van der Waals surface area contributed by atoms with Gasteiger partial charge in [-0.2, -0.15) is 15.1 Å². The van der Waals surface area contributed by atoms with Gasteiger partial charge in [0.2, 0.25) is 11.8 Å². The van der Waals surface area contributed by atoms with Gasteiger partial charge in [0.15, 0.2) is 23.6 Å². The number of hydrogen-bond acceptors (Lipinski definition) is 12. The molecule has 242 valence electrons. The molecule has 0 aliphatic carbocycles. The number of nitrogens with zero attached hydrogens (tertiary/aromatic N) is 4. The van der Waals surface area contributed by atoms with Crippen molar-refractivity contribution < 1.29 is 46.5 Å². The van der Waals surface area contributed by atoms with Crippen molar-refractivity contribution in [3.05, 3.63) is 36.7 Å². The molecule has 4 rings (SSSR count). The predicted molar refractivity (Wildman–Crippen MR) is 154 cm³/mol. The number of para-hydroxylation sites is 1. The van der Waals surface area contributed by atoms with E-state index in [4.69, 9.17) is 29.0 Å².